The van der Waals surface area contributed by atoms with E-state index in [-0.39, 0.29) is 16.9 Å². The van der Waals surface area contributed by atoms with Crippen molar-refractivity contribution in [3.8, 4) is 11.5 Å². The van der Waals surface area contributed by atoms with E-state index < -0.39 is 0 Å². The van der Waals surface area contributed by atoms with Crippen LogP contribution in [0.2, 0.25) is 0 Å². The maximum Gasteiger partial charge on any atom is 0.277 e. The summed E-state index contributed by atoms with van der Waals surface area (Å²) in [4.78, 5) is 24.4. The Labute approximate surface area is 115 Å². The predicted molar refractivity (Wildman–Crippen MR) is 73.7 cm³/mol. The summed E-state index contributed by atoms with van der Waals surface area (Å²) >= 11 is 0. The lowest BCUT2D eigenvalue weighted by Gasteiger charge is -2.08. The van der Waals surface area contributed by atoms with Crippen LogP contribution in [0.5, 0.6) is 11.5 Å². The zero-order valence-corrected chi connectivity index (χ0v) is 11.8. The molecule has 106 valence electrons. The number of hydrogen-bond acceptors (Lipinski definition) is 4. The van der Waals surface area contributed by atoms with E-state index in [4.69, 9.17) is 9.47 Å². The van der Waals surface area contributed by atoms with E-state index in [0.29, 0.717) is 22.8 Å². The number of aryl methyl sites for hydroxylation is 2. The number of benzene rings is 1. The van der Waals surface area contributed by atoms with E-state index in [0.717, 1.165) is 0 Å². The van der Waals surface area contributed by atoms with Crippen molar-refractivity contribution >= 4 is 5.78 Å². The first kappa shape index (κ1) is 13.9. The number of carbonyl (C=O) groups excluding carboxylic acids is 1. The number of aromatic nitrogens is 2. The van der Waals surface area contributed by atoms with Gasteiger partial charge in [-0.25, -0.2) is 0 Å². The molecule has 0 fully saturated rings. The number of ketones is 1. The van der Waals surface area contributed by atoms with Crippen LogP contribution in [0.3, 0.4) is 0 Å². The highest BCUT2D eigenvalue weighted by Crippen LogP contribution is 2.28. The van der Waals surface area contributed by atoms with Crippen molar-refractivity contribution < 1.29 is 14.3 Å². The van der Waals surface area contributed by atoms with Crippen molar-refractivity contribution in [1.82, 2.24) is 9.78 Å². The van der Waals surface area contributed by atoms with Crippen LogP contribution in [0.25, 0.3) is 0 Å². The van der Waals surface area contributed by atoms with Gasteiger partial charge in [-0.3, -0.25) is 19.4 Å². The van der Waals surface area contributed by atoms with Gasteiger partial charge in [0.1, 0.15) is 5.56 Å². The fourth-order valence-electron chi connectivity index (χ4n) is 2.08. The first-order valence-electron chi connectivity index (χ1n) is 6.02. The minimum atomic E-state index is -0.345. The Kier molecular flexibility index (Phi) is 3.65. The zero-order valence-electron chi connectivity index (χ0n) is 11.8. The standard InChI is InChI=1S/C14H16N2O4/c1-8-12(14(18)16(2)15-8)13(17)9-5-6-10(19-3)11(7-9)20-4/h5-7,15H,1-4H3. The smallest absolute Gasteiger partial charge is 0.277 e. The number of nitrogens with zero attached hydrogens (tertiary/aromatic N) is 1. The van der Waals surface area contributed by atoms with Gasteiger partial charge in [0.15, 0.2) is 11.5 Å². The molecule has 0 aliphatic rings. The number of nitrogens with one attached hydrogen (secondary N) is 1. The van der Waals surface area contributed by atoms with Gasteiger partial charge >= 0.3 is 0 Å². The van der Waals surface area contributed by atoms with Gasteiger partial charge in [-0.1, -0.05) is 0 Å². The maximum atomic E-state index is 12.4. The highest BCUT2D eigenvalue weighted by molar-refractivity contribution is 6.09. The van der Waals surface area contributed by atoms with Crippen LogP contribution in [0.1, 0.15) is 21.6 Å². The molecule has 0 spiro atoms. The summed E-state index contributed by atoms with van der Waals surface area (Å²) < 4.78 is 11.6. The van der Waals surface area contributed by atoms with E-state index >= 15 is 0 Å². The van der Waals surface area contributed by atoms with Gasteiger partial charge in [0.25, 0.3) is 5.56 Å². The minimum absolute atomic E-state index is 0.139. The monoisotopic (exact) mass is 276 g/mol. The van der Waals surface area contributed by atoms with Crippen LogP contribution in [-0.2, 0) is 7.05 Å². The summed E-state index contributed by atoms with van der Waals surface area (Å²) in [6.07, 6.45) is 0. The molecule has 2 aromatic rings. The summed E-state index contributed by atoms with van der Waals surface area (Å²) in [6, 6.07) is 4.81. The molecule has 6 heteroatoms. The number of carbonyl (C=O) groups is 1. The number of methoxy groups -OCH3 is 2. The van der Waals surface area contributed by atoms with Gasteiger partial charge in [-0.15, -0.1) is 0 Å². The lowest BCUT2D eigenvalue weighted by atomic mass is 10.0. The third-order valence-electron chi connectivity index (χ3n) is 3.10. The van der Waals surface area contributed by atoms with Crippen LogP contribution in [0.4, 0.5) is 0 Å². The van der Waals surface area contributed by atoms with Gasteiger partial charge in [0.2, 0.25) is 5.78 Å². The van der Waals surface area contributed by atoms with Crippen LogP contribution in [-0.4, -0.2) is 29.8 Å². The summed E-state index contributed by atoms with van der Waals surface area (Å²) in [7, 11) is 4.58. The molecule has 1 heterocycles. The molecule has 0 saturated heterocycles. The van der Waals surface area contributed by atoms with Gasteiger partial charge in [0.05, 0.1) is 14.2 Å². The number of ether oxygens (including phenoxy) is 2. The van der Waals surface area contributed by atoms with Crippen molar-refractivity contribution in [3.63, 3.8) is 0 Å². The Morgan fingerprint density at radius 1 is 1.20 bits per heavy atom. The van der Waals surface area contributed by atoms with Crippen LogP contribution < -0.4 is 15.0 Å². The molecular formula is C14H16N2O4. The summed E-state index contributed by atoms with van der Waals surface area (Å²) in [5.74, 6) is 0.636. The lowest BCUT2D eigenvalue weighted by molar-refractivity contribution is 0.103. The Bertz CT molecular complexity index is 712. The predicted octanol–water partition coefficient (Wildman–Crippen LogP) is 1.27. The minimum Gasteiger partial charge on any atom is -0.493 e. The van der Waals surface area contributed by atoms with E-state index in [1.807, 2.05) is 0 Å². The fourth-order valence-corrected chi connectivity index (χ4v) is 2.08. The molecule has 1 aromatic heterocycles. The topological polar surface area (TPSA) is 73.3 Å². The number of aromatic amines is 1. The molecule has 0 bridgehead atoms. The second-order valence-corrected chi connectivity index (χ2v) is 4.37. The Balaban J connectivity index is 2.51. The first-order chi connectivity index (χ1) is 9.49. The molecule has 6 nitrogen and oxygen atoms in total. The van der Waals surface area contributed by atoms with E-state index in [9.17, 15) is 9.59 Å². The molecular weight excluding hydrogens is 260 g/mol. The fraction of sp³-hybridized carbons (Fsp3) is 0.286. The average molecular weight is 276 g/mol. The van der Waals surface area contributed by atoms with Crippen molar-refractivity contribution in [1.29, 1.82) is 0 Å². The third kappa shape index (κ3) is 2.20. The second-order valence-electron chi connectivity index (χ2n) is 4.37. The molecule has 20 heavy (non-hydrogen) atoms. The van der Waals surface area contributed by atoms with Gasteiger partial charge in [-0.05, 0) is 25.1 Å². The molecule has 0 atom stereocenters. The third-order valence-corrected chi connectivity index (χ3v) is 3.10. The molecule has 0 aliphatic carbocycles. The molecule has 0 aliphatic heterocycles. The summed E-state index contributed by atoms with van der Waals surface area (Å²) in [5, 5.41) is 2.81. The quantitative estimate of drug-likeness (QED) is 0.853. The van der Waals surface area contributed by atoms with Crippen LogP contribution in [0.15, 0.2) is 23.0 Å². The van der Waals surface area contributed by atoms with Crippen molar-refractivity contribution in [2.75, 3.05) is 14.2 Å². The number of H-pyrrole nitrogens is 1. The van der Waals surface area contributed by atoms with Crippen molar-refractivity contribution in [2.24, 2.45) is 7.05 Å². The normalized spacial score (nSPS) is 10.4. The van der Waals surface area contributed by atoms with E-state index in [2.05, 4.69) is 5.10 Å². The molecule has 0 saturated carbocycles. The number of rotatable bonds is 4. The largest absolute Gasteiger partial charge is 0.493 e. The highest BCUT2D eigenvalue weighted by atomic mass is 16.5. The van der Waals surface area contributed by atoms with Gasteiger partial charge < -0.3 is 9.47 Å². The summed E-state index contributed by atoms with van der Waals surface area (Å²) in [6.45, 7) is 1.69. The maximum absolute atomic E-state index is 12.4. The molecule has 2 rings (SSSR count). The van der Waals surface area contributed by atoms with Crippen molar-refractivity contribution in [3.05, 3.63) is 45.4 Å². The number of hydrogen-bond donors (Lipinski definition) is 1. The molecule has 0 unspecified atom stereocenters. The Hall–Kier alpha value is -2.50. The van der Waals surface area contributed by atoms with E-state index in [1.165, 1.54) is 18.9 Å². The first-order valence-corrected chi connectivity index (χ1v) is 6.02. The van der Waals surface area contributed by atoms with Crippen LogP contribution in [0, 0.1) is 6.92 Å². The van der Waals surface area contributed by atoms with Gasteiger partial charge in [0, 0.05) is 18.3 Å². The molecule has 0 radical (unpaired) electrons. The lowest BCUT2D eigenvalue weighted by Crippen LogP contribution is -2.19. The van der Waals surface area contributed by atoms with Crippen molar-refractivity contribution in [2.45, 2.75) is 6.92 Å². The highest BCUT2D eigenvalue weighted by Gasteiger charge is 2.20. The Morgan fingerprint density at radius 3 is 2.35 bits per heavy atom. The average Bonchev–Trinajstić information content (AvgIpc) is 2.70. The molecule has 1 N–H and O–H groups in total. The molecule has 1 aromatic carbocycles. The summed E-state index contributed by atoms with van der Waals surface area (Å²) in [5.41, 5.74) is 0.710. The van der Waals surface area contributed by atoms with Crippen LogP contribution >= 0.6 is 0 Å². The molecule has 0 amide bonds. The van der Waals surface area contributed by atoms with E-state index in [1.54, 1.807) is 32.2 Å². The zero-order chi connectivity index (χ0) is 14.9. The Morgan fingerprint density at radius 2 is 1.85 bits per heavy atom. The van der Waals surface area contributed by atoms with Gasteiger partial charge in [-0.2, -0.15) is 0 Å². The second kappa shape index (κ2) is 5.24. The SMILES string of the molecule is COc1ccc(C(=O)c2c(C)[nH]n(C)c2=O)cc1OC.